The molecule has 1 N–H and O–H groups in total. The largest absolute Gasteiger partial charge is 0.478 e. The number of carboxylic acid groups (broad SMARTS) is 1. The van der Waals surface area contributed by atoms with Crippen molar-refractivity contribution in [2.24, 2.45) is 0 Å². The number of hydrogen-bond donors (Lipinski definition) is 1. The number of halogens is 3. The maximum Gasteiger partial charge on any atom is 0.339 e. The Kier molecular flexibility index (Phi) is 5.62. The molecule has 0 spiro atoms. The fourth-order valence-corrected chi connectivity index (χ4v) is 5.12. The van der Waals surface area contributed by atoms with Crippen LogP contribution in [0.15, 0.2) is 29.8 Å². The van der Waals surface area contributed by atoms with Crippen LogP contribution in [0.2, 0.25) is 5.02 Å². The van der Waals surface area contributed by atoms with Gasteiger partial charge in [0, 0.05) is 29.7 Å². The number of hydrogen-bond acceptors (Lipinski definition) is 7. The molecule has 0 radical (unpaired) electrons. The van der Waals surface area contributed by atoms with Crippen LogP contribution in [0.1, 0.15) is 22.5 Å². The number of thiazole rings is 1. The third-order valence-electron chi connectivity index (χ3n) is 5.75. The second-order valence-corrected chi connectivity index (χ2v) is 8.97. The molecule has 3 aromatic rings. The molecular weight excluding hydrogens is 462 g/mol. The minimum absolute atomic E-state index is 0.0255. The number of rotatable bonds is 5. The van der Waals surface area contributed by atoms with E-state index in [-0.39, 0.29) is 52.6 Å². The van der Waals surface area contributed by atoms with E-state index in [0.717, 1.165) is 6.07 Å². The molecule has 3 atom stereocenters. The lowest BCUT2D eigenvalue weighted by atomic mass is 10.0. The lowest BCUT2D eigenvalue weighted by Gasteiger charge is -2.34. The molecule has 11 heteroatoms. The van der Waals surface area contributed by atoms with Crippen LogP contribution in [0, 0.1) is 5.82 Å². The average molecular weight is 479 g/mol. The highest BCUT2D eigenvalue weighted by Crippen LogP contribution is 2.36. The summed E-state index contributed by atoms with van der Waals surface area (Å²) in [5, 5.41) is 12.4. The Labute approximate surface area is 190 Å². The van der Waals surface area contributed by atoms with Crippen LogP contribution in [0.5, 0.6) is 0 Å². The Morgan fingerprint density at radius 3 is 2.88 bits per heavy atom. The Morgan fingerprint density at radius 1 is 1.34 bits per heavy atom. The molecule has 2 aliphatic rings. The van der Waals surface area contributed by atoms with Crippen LogP contribution in [-0.4, -0.2) is 62.4 Å². The van der Waals surface area contributed by atoms with E-state index in [9.17, 15) is 18.7 Å². The summed E-state index contributed by atoms with van der Waals surface area (Å²) in [6, 6.07) is 3.04. The first-order valence-corrected chi connectivity index (χ1v) is 11.1. The minimum Gasteiger partial charge on any atom is -0.478 e. The molecule has 0 amide bonds. The first-order valence-electron chi connectivity index (χ1n) is 9.89. The van der Waals surface area contributed by atoms with Gasteiger partial charge in [-0.3, -0.25) is 4.90 Å². The number of nitrogens with zero attached hydrogens (tertiary/aromatic N) is 4. The van der Waals surface area contributed by atoms with Gasteiger partial charge in [-0.1, -0.05) is 11.6 Å². The third kappa shape index (κ3) is 3.77. The van der Waals surface area contributed by atoms with Gasteiger partial charge in [0.15, 0.2) is 10.8 Å². The lowest BCUT2D eigenvalue weighted by Crippen LogP contribution is -2.47. The summed E-state index contributed by atoms with van der Waals surface area (Å²) < 4.78 is 33.6. The van der Waals surface area contributed by atoms with Crippen molar-refractivity contribution in [3.05, 3.63) is 51.9 Å². The molecule has 7 nitrogen and oxygen atoms in total. The van der Waals surface area contributed by atoms with Crippen LogP contribution in [0.4, 0.5) is 8.78 Å². The second kappa shape index (κ2) is 8.43. The number of fused-ring (bicyclic) bond motifs is 2. The zero-order valence-corrected chi connectivity index (χ0v) is 18.1. The highest BCUT2D eigenvalue weighted by molar-refractivity contribution is 7.13. The fraction of sp³-hybridized carbons (Fsp3) is 0.333. The normalized spacial score (nSPS) is 22.9. The molecule has 3 unspecified atom stereocenters. The molecular formula is C21H17ClF2N4O3S. The van der Waals surface area contributed by atoms with Crippen LogP contribution in [-0.2, 0) is 11.3 Å². The smallest absolute Gasteiger partial charge is 0.339 e. The maximum absolute atomic E-state index is 14.5. The molecule has 0 aliphatic carbocycles. The van der Waals surface area contributed by atoms with Crippen LogP contribution in [0.25, 0.3) is 22.1 Å². The number of alkyl halides is 1. The van der Waals surface area contributed by atoms with Crippen molar-refractivity contribution >= 4 is 28.9 Å². The van der Waals surface area contributed by atoms with Gasteiger partial charge in [-0.25, -0.2) is 28.5 Å². The predicted molar refractivity (Wildman–Crippen MR) is 114 cm³/mol. The maximum atomic E-state index is 14.5. The number of benzene rings is 1. The molecule has 1 aromatic carbocycles. The van der Waals surface area contributed by atoms with E-state index in [1.807, 2.05) is 4.90 Å². The highest BCUT2D eigenvalue weighted by Gasteiger charge is 2.45. The van der Waals surface area contributed by atoms with Crippen molar-refractivity contribution in [2.75, 3.05) is 13.2 Å². The fourth-order valence-electron chi connectivity index (χ4n) is 4.29. The first kappa shape index (κ1) is 21.3. The standard InChI is InChI=1S/C21H17ClF2N4O3S/c22-13-5-10(23)1-2-12(13)18-17(21(29)30)15(26-19(27-18)20-25-3-4-32-20)7-28-11-6-14(24)16(28)9-31-8-11/h1-5,11,14,16H,6-9H2,(H,29,30). The van der Waals surface area contributed by atoms with Gasteiger partial charge in [0.2, 0.25) is 0 Å². The van der Waals surface area contributed by atoms with E-state index in [2.05, 4.69) is 15.0 Å². The van der Waals surface area contributed by atoms with Crippen molar-refractivity contribution < 1.29 is 23.4 Å². The monoisotopic (exact) mass is 478 g/mol. The zero-order valence-electron chi connectivity index (χ0n) is 16.5. The van der Waals surface area contributed by atoms with E-state index in [1.54, 1.807) is 11.6 Å². The van der Waals surface area contributed by atoms with Gasteiger partial charge in [0.1, 0.15) is 17.6 Å². The van der Waals surface area contributed by atoms with Gasteiger partial charge >= 0.3 is 5.97 Å². The van der Waals surface area contributed by atoms with Crippen molar-refractivity contribution in [2.45, 2.75) is 31.2 Å². The summed E-state index contributed by atoms with van der Waals surface area (Å²) in [5.41, 5.74) is 0.398. The lowest BCUT2D eigenvalue weighted by molar-refractivity contribution is -0.0276. The molecule has 2 aliphatic heterocycles. The summed E-state index contributed by atoms with van der Waals surface area (Å²) in [6.07, 6.45) is 0.866. The quantitative estimate of drug-likeness (QED) is 0.591. The summed E-state index contributed by atoms with van der Waals surface area (Å²) >= 11 is 7.55. The van der Waals surface area contributed by atoms with Crippen molar-refractivity contribution in [3.63, 3.8) is 0 Å². The second-order valence-electron chi connectivity index (χ2n) is 7.67. The number of aromatic nitrogens is 3. The Hall–Kier alpha value is -2.53. The first-order chi connectivity index (χ1) is 15.4. The Balaban J connectivity index is 1.68. The summed E-state index contributed by atoms with van der Waals surface area (Å²) in [7, 11) is 0. The van der Waals surface area contributed by atoms with Crippen LogP contribution < -0.4 is 0 Å². The third-order valence-corrected chi connectivity index (χ3v) is 6.83. The zero-order chi connectivity index (χ0) is 22.4. The highest BCUT2D eigenvalue weighted by atomic mass is 35.5. The molecule has 0 saturated carbocycles. The van der Waals surface area contributed by atoms with Gasteiger partial charge in [-0.15, -0.1) is 11.3 Å². The Morgan fingerprint density at radius 2 is 2.19 bits per heavy atom. The van der Waals surface area contributed by atoms with E-state index in [4.69, 9.17) is 16.3 Å². The average Bonchev–Trinajstić information content (AvgIpc) is 3.33. The molecule has 2 saturated heterocycles. The Bertz CT molecular complexity index is 1180. The molecule has 32 heavy (non-hydrogen) atoms. The van der Waals surface area contributed by atoms with Gasteiger partial charge in [-0.05, 0) is 24.6 Å². The number of carboxylic acids is 1. The molecule has 2 bridgehead atoms. The minimum atomic E-state index is -1.25. The van der Waals surface area contributed by atoms with Crippen LogP contribution >= 0.6 is 22.9 Å². The molecule has 2 aromatic heterocycles. The van der Waals surface area contributed by atoms with Crippen molar-refractivity contribution in [1.29, 1.82) is 0 Å². The SMILES string of the molecule is O=C(O)c1c(CN2C3COCC2C(F)C3)nc(-c2nccs2)nc1-c1ccc(F)cc1Cl. The number of aromatic carboxylic acids is 1. The van der Waals surface area contributed by atoms with Gasteiger partial charge in [0.05, 0.1) is 35.7 Å². The van der Waals surface area contributed by atoms with Gasteiger partial charge in [-0.2, -0.15) is 0 Å². The summed E-state index contributed by atoms with van der Waals surface area (Å²) in [5.74, 6) is -1.57. The van der Waals surface area contributed by atoms with Gasteiger partial charge in [0.25, 0.3) is 0 Å². The van der Waals surface area contributed by atoms with Crippen LogP contribution in [0.3, 0.4) is 0 Å². The summed E-state index contributed by atoms with van der Waals surface area (Å²) in [4.78, 5) is 27.5. The number of morpholine rings is 1. The van der Waals surface area contributed by atoms with E-state index < -0.39 is 24.0 Å². The van der Waals surface area contributed by atoms with Gasteiger partial charge < -0.3 is 9.84 Å². The van der Waals surface area contributed by atoms with Crippen molar-refractivity contribution in [1.82, 2.24) is 19.9 Å². The number of ether oxygens (including phenoxy) is 1. The summed E-state index contributed by atoms with van der Waals surface area (Å²) in [6.45, 7) is 0.717. The molecule has 166 valence electrons. The molecule has 5 rings (SSSR count). The number of carbonyl (C=O) groups is 1. The van der Waals surface area contributed by atoms with Crippen molar-refractivity contribution in [3.8, 4) is 22.1 Å². The molecule has 4 heterocycles. The van der Waals surface area contributed by atoms with E-state index >= 15 is 0 Å². The van der Waals surface area contributed by atoms with E-state index in [0.29, 0.717) is 18.0 Å². The molecule has 2 fully saturated rings. The predicted octanol–water partition coefficient (Wildman–Crippen LogP) is 4.07. The van der Waals surface area contributed by atoms with E-state index in [1.165, 1.54) is 23.5 Å². The topological polar surface area (TPSA) is 88.4 Å².